The third-order valence-electron chi connectivity index (χ3n) is 6.52. The Bertz CT molecular complexity index is 1350. The molecule has 2 aliphatic rings. The zero-order valence-electron chi connectivity index (χ0n) is 21.4. The molecule has 10 heteroatoms. The van der Waals surface area contributed by atoms with Crippen LogP contribution in [0.1, 0.15) is 46.0 Å². The van der Waals surface area contributed by atoms with Crippen LogP contribution in [0, 0.1) is 0 Å². The molecule has 198 valence electrons. The van der Waals surface area contributed by atoms with Crippen molar-refractivity contribution < 1.29 is 33.4 Å². The van der Waals surface area contributed by atoms with E-state index in [1.807, 2.05) is 0 Å². The van der Waals surface area contributed by atoms with Gasteiger partial charge in [0.15, 0.2) is 0 Å². The van der Waals surface area contributed by atoms with E-state index < -0.39 is 29.7 Å². The molecule has 0 fully saturated rings. The lowest BCUT2D eigenvalue weighted by molar-refractivity contribution is -0.139. The lowest BCUT2D eigenvalue weighted by Crippen LogP contribution is -2.37. The summed E-state index contributed by atoms with van der Waals surface area (Å²) < 4.78 is 16.5. The number of hydrogen-bond acceptors (Lipinski definition) is 8. The summed E-state index contributed by atoms with van der Waals surface area (Å²) in [6.45, 7) is 3.32. The van der Waals surface area contributed by atoms with Gasteiger partial charge in [-0.1, -0.05) is 35.9 Å². The average Bonchev–Trinajstić information content (AvgIpc) is 3.15. The van der Waals surface area contributed by atoms with Gasteiger partial charge in [-0.25, -0.2) is 9.59 Å². The van der Waals surface area contributed by atoms with Gasteiger partial charge in [-0.2, -0.15) is 0 Å². The maximum absolute atomic E-state index is 13.3. The molecule has 0 saturated carbocycles. The number of hydrogen-bond donors (Lipinski definition) is 0. The van der Waals surface area contributed by atoms with Gasteiger partial charge in [0.1, 0.15) is 12.2 Å². The molecule has 38 heavy (non-hydrogen) atoms. The molecular weight excluding hydrogens is 512 g/mol. The Hall–Kier alpha value is -4.11. The lowest BCUT2D eigenvalue weighted by Gasteiger charge is -2.36. The molecule has 4 rings (SSSR count). The number of esters is 2. The van der Waals surface area contributed by atoms with E-state index in [4.69, 9.17) is 25.8 Å². The summed E-state index contributed by atoms with van der Waals surface area (Å²) >= 11 is 6.26. The maximum Gasteiger partial charge on any atom is 0.340 e. The summed E-state index contributed by atoms with van der Waals surface area (Å²) in [5.74, 6) is -2.89. The fourth-order valence-corrected chi connectivity index (χ4v) is 4.85. The van der Waals surface area contributed by atoms with E-state index in [2.05, 4.69) is 0 Å². The van der Waals surface area contributed by atoms with Gasteiger partial charge in [0.05, 0.1) is 42.9 Å². The number of amides is 2. The van der Waals surface area contributed by atoms with Gasteiger partial charge in [-0.15, -0.1) is 0 Å². The first kappa shape index (κ1) is 26.9. The summed E-state index contributed by atoms with van der Waals surface area (Å²) in [6, 6.07) is 13.4. The zero-order chi connectivity index (χ0) is 27.6. The highest BCUT2D eigenvalue weighted by atomic mass is 35.5. The summed E-state index contributed by atoms with van der Waals surface area (Å²) in [5, 5.41) is 0.416. The fraction of sp³-hybridized carbons (Fsp3) is 0.286. The van der Waals surface area contributed by atoms with Crippen LogP contribution in [0.5, 0.6) is 0 Å². The van der Waals surface area contributed by atoms with Crippen LogP contribution in [0.2, 0.25) is 5.02 Å². The minimum atomic E-state index is -0.897. The van der Waals surface area contributed by atoms with E-state index in [0.717, 1.165) is 4.90 Å². The lowest BCUT2D eigenvalue weighted by atomic mass is 9.81. The number of methoxy groups -OCH3 is 1. The van der Waals surface area contributed by atoms with Crippen molar-refractivity contribution in [3.63, 3.8) is 0 Å². The van der Waals surface area contributed by atoms with E-state index in [9.17, 15) is 19.2 Å². The van der Waals surface area contributed by atoms with E-state index in [-0.39, 0.29) is 36.8 Å². The first-order valence-electron chi connectivity index (χ1n) is 12.0. The molecule has 2 amide bonds. The Balaban J connectivity index is 1.72. The maximum atomic E-state index is 13.3. The molecule has 0 N–H and O–H groups in total. The van der Waals surface area contributed by atoms with Gasteiger partial charge >= 0.3 is 11.9 Å². The van der Waals surface area contributed by atoms with Gasteiger partial charge < -0.3 is 19.1 Å². The van der Waals surface area contributed by atoms with Crippen LogP contribution in [0.4, 0.5) is 0 Å². The predicted molar refractivity (Wildman–Crippen MR) is 138 cm³/mol. The highest BCUT2D eigenvalue weighted by molar-refractivity contribution is 6.30. The Labute approximate surface area is 225 Å². The number of ether oxygens (including phenoxy) is 3. The zero-order valence-corrected chi connectivity index (χ0v) is 22.2. The number of carbonyl (C=O) groups excluding carboxylic acids is 4. The molecule has 9 nitrogen and oxygen atoms in total. The van der Waals surface area contributed by atoms with Crippen molar-refractivity contribution in [1.82, 2.24) is 9.80 Å². The summed E-state index contributed by atoms with van der Waals surface area (Å²) in [4.78, 5) is 54.5. The molecule has 0 radical (unpaired) electrons. The molecule has 1 atom stereocenters. The smallest absolute Gasteiger partial charge is 0.340 e. The monoisotopic (exact) mass is 538 g/mol. The predicted octanol–water partition coefficient (Wildman–Crippen LogP) is 3.90. The molecule has 2 aromatic carbocycles. The van der Waals surface area contributed by atoms with Crippen LogP contribution < -0.4 is 0 Å². The number of halogens is 1. The number of allylic oxidation sites excluding steroid dienone is 1. The van der Waals surface area contributed by atoms with Crippen molar-refractivity contribution >= 4 is 35.4 Å². The molecule has 0 spiro atoms. The van der Waals surface area contributed by atoms with E-state index in [1.54, 1.807) is 74.3 Å². The fourth-order valence-electron chi connectivity index (χ4n) is 4.65. The highest BCUT2D eigenvalue weighted by Crippen LogP contribution is 2.43. The van der Waals surface area contributed by atoms with Crippen molar-refractivity contribution in [1.29, 1.82) is 0 Å². The minimum Gasteiger partial charge on any atom is -0.477 e. The number of benzene rings is 2. The molecule has 2 heterocycles. The van der Waals surface area contributed by atoms with Crippen LogP contribution in [0.3, 0.4) is 0 Å². The second kappa shape index (κ2) is 11.1. The normalized spacial score (nSPS) is 17.1. The average molecular weight is 539 g/mol. The van der Waals surface area contributed by atoms with E-state index in [1.165, 1.54) is 7.11 Å². The van der Waals surface area contributed by atoms with Crippen molar-refractivity contribution in [2.45, 2.75) is 19.8 Å². The van der Waals surface area contributed by atoms with Gasteiger partial charge in [0.25, 0.3) is 11.8 Å². The van der Waals surface area contributed by atoms with Crippen LogP contribution in [-0.2, 0) is 23.8 Å². The van der Waals surface area contributed by atoms with Gasteiger partial charge in [-0.3, -0.25) is 14.5 Å². The Morgan fingerprint density at radius 1 is 0.974 bits per heavy atom. The first-order chi connectivity index (χ1) is 18.2. The first-order valence-corrected chi connectivity index (χ1v) is 12.4. The number of rotatable bonds is 8. The summed E-state index contributed by atoms with van der Waals surface area (Å²) in [5.41, 5.74) is 2.03. The Morgan fingerprint density at radius 3 is 2.21 bits per heavy atom. The molecule has 2 aliphatic heterocycles. The Morgan fingerprint density at radius 2 is 1.63 bits per heavy atom. The third-order valence-corrected chi connectivity index (χ3v) is 6.75. The summed E-state index contributed by atoms with van der Waals surface area (Å²) in [6.07, 6.45) is 0. The standard InChI is InChI=1S/C28H27ClN2O7/c1-5-37-28(35)23-22(17-9-8-10-18(29)15-17)21(27(34)36-4)16(2)30(3)26(23)38-14-13-31-24(32)19-11-6-7-12-20(19)25(31)33/h6-12,15,22H,5,13-14H2,1-4H3. The number of fused-ring (bicyclic) bond motifs is 1. The molecular formula is C28H27ClN2O7. The highest BCUT2D eigenvalue weighted by Gasteiger charge is 2.42. The number of carbonyl (C=O) groups is 4. The molecule has 0 saturated heterocycles. The van der Waals surface area contributed by atoms with Crippen molar-refractivity contribution in [3.8, 4) is 0 Å². The molecule has 0 aromatic heterocycles. The minimum absolute atomic E-state index is 0.0474. The topological polar surface area (TPSA) is 102 Å². The van der Waals surface area contributed by atoms with Gasteiger partial charge in [-0.05, 0) is 43.7 Å². The van der Waals surface area contributed by atoms with Crippen LogP contribution in [0.25, 0.3) is 0 Å². The van der Waals surface area contributed by atoms with Crippen LogP contribution >= 0.6 is 11.6 Å². The van der Waals surface area contributed by atoms with Crippen LogP contribution in [-0.4, -0.2) is 67.5 Å². The second-order valence-electron chi connectivity index (χ2n) is 8.63. The third kappa shape index (κ3) is 4.77. The van der Waals surface area contributed by atoms with E-state index in [0.29, 0.717) is 27.4 Å². The Kier molecular flexibility index (Phi) is 7.87. The van der Waals surface area contributed by atoms with Gasteiger partial charge in [0, 0.05) is 17.8 Å². The molecule has 0 bridgehead atoms. The van der Waals surface area contributed by atoms with E-state index >= 15 is 0 Å². The van der Waals surface area contributed by atoms with Crippen molar-refractivity contribution in [3.05, 3.63) is 93.0 Å². The number of imide groups is 1. The summed E-state index contributed by atoms with van der Waals surface area (Å²) in [7, 11) is 2.91. The molecule has 0 aliphatic carbocycles. The van der Waals surface area contributed by atoms with Crippen molar-refractivity contribution in [2.24, 2.45) is 0 Å². The SMILES string of the molecule is CCOC(=O)C1=C(OCCN2C(=O)c3ccccc3C2=O)N(C)C(C)=C(C(=O)OC)C1c1cccc(Cl)c1. The largest absolute Gasteiger partial charge is 0.477 e. The molecule has 2 aromatic rings. The second-order valence-corrected chi connectivity index (χ2v) is 9.07. The number of nitrogens with zero attached hydrogens (tertiary/aromatic N) is 2. The van der Waals surface area contributed by atoms with Gasteiger partial charge in [0.2, 0.25) is 5.88 Å². The van der Waals surface area contributed by atoms with Crippen molar-refractivity contribution in [2.75, 3.05) is 33.9 Å². The quantitative estimate of drug-likeness (QED) is 0.368. The van der Waals surface area contributed by atoms with Crippen LogP contribution in [0.15, 0.2) is 71.3 Å². The molecule has 1 unspecified atom stereocenters.